The Labute approximate surface area is 231 Å². The molecule has 0 saturated carbocycles. The van der Waals surface area contributed by atoms with Gasteiger partial charge in [0.15, 0.2) is 0 Å². The predicted molar refractivity (Wildman–Crippen MR) is 150 cm³/mol. The normalized spacial score (nSPS) is 15.1. The summed E-state index contributed by atoms with van der Waals surface area (Å²) in [5, 5.41) is 15.1. The van der Waals surface area contributed by atoms with E-state index in [4.69, 9.17) is 15.4 Å². The maximum atomic E-state index is 13.4. The Hall–Kier alpha value is -2.53. The molecule has 2 heterocycles. The van der Waals surface area contributed by atoms with Crippen LogP contribution in [0.1, 0.15) is 0 Å². The molecule has 0 radical (unpaired) electrons. The topological polar surface area (TPSA) is 153 Å². The molecule has 1 saturated heterocycles. The highest BCUT2D eigenvalue weighted by Gasteiger charge is 2.18. The fraction of sp³-hybridized carbons (Fsp3) is 0.227. The van der Waals surface area contributed by atoms with E-state index >= 15 is 0 Å². The lowest BCUT2D eigenvalue weighted by Gasteiger charge is -2.28. The minimum Gasteiger partial charge on any atom is -0.871 e. The van der Waals surface area contributed by atoms with E-state index in [0.29, 0.717) is 63.6 Å². The molecule has 0 aliphatic carbocycles. The largest absolute Gasteiger partial charge is 0.871 e. The molecule has 0 spiro atoms. The van der Waals surface area contributed by atoms with Crippen molar-refractivity contribution in [3.63, 3.8) is 0 Å². The van der Waals surface area contributed by atoms with Gasteiger partial charge in [0.1, 0.15) is 5.00 Å². The Kier molecular flexibility index (Phi) is 7.52. The molecular weight excluding hydrogens is 594 g/mol. The molecule has 11 nitrogen and oxygen atoms in total. The van der Waals surface area contributed by atoms with Crippen molar-refractivity contribution in [2.75, 3.05) is 48.1 Å². The summed E-state index contributed by atoms with van der Waals surface area (Å²) < 4.78 is 62.0. The number of rotatable bonds is 8. The van der Waals surface area contributed by atoms with Crippen molar-refractivity contribution in [1.82, 2.24) is 8.68 Å². The van der Waals surface area contributed by atoms with Gasteiger partial charge in [0.05, 0.1) is 41.3 Å². The fourth-order valence-electron chi connectivity index (χ4n) is 3.95. The number of hydrazine groups is 1. The van der Waals surface area contributed by atoms with Gasteiger partial charge in [0.2, 0.25) is 10.0 Å². The Morgan fingerprint density at radius 1 is 1.05 bits per heavy atom. The third-order valence-electron chi connectivity index (χ3n) is 5.61. The van der Waals surface area contributed by atoms with Gasteiger partial charge in [0, 0.05) is 39.4 Å². The van der Waals surface area contributed by atoms with Crippen LogP contribution in [0, 0.1) is 0 Å². The minimum atomic E-state index is -3.95. The first kappa shape index (κ1) is 27.1. The molecule has 1 aliphatic rings. The average Bonchev–Trinajstić information content (AvgIpc) is 3.26. The lowest BCUT2D eigenvalue weighted by atomic mass is 10.1. The summed E-state index contributed by atoms with van der Waals surface area (Å²) in [4.78, 5) is 0.379. The smallest absolute Gasteiger partial charge is 0.261 e. The molecule has 202 valence electrons. The molecule has 0 atom stereocenters. The highest BCUT2D eigenvalue weighted by atomic mass is 35.7. The van der Waals surface area contributed by atoms with E-state index in [1.165, 1.54) is 24.1 Å². The molecule has 38 heavy (non-hydrogen) atoms. The number of nitrogens with zero attached hydrogens (tertiary/aromatic N) is 2. The molecule has 5 rings (SSSR count). The second-order valence-corrected chi connectivity index (χ2v) is 14.6. The van der Waals surface area contributed by atoms with Gasteiger partial charge in [-0.2, -0.15) is 4.37 Å². The Morgan fingerprint density at radius 2 is 1.82 bits per heavy atom. The van der Waals surface area contributed by atoms with Gasteiger partial charge in [-0.05, 0) is 59.2 Å². The maximum Gasteiger partial charge on any atom is 0.261 e. The van der Waals surface area contributed by atoms with Crippen LogP contribution in [0.3, 0.4) is 0 Å². The molecule has 3 aromatic carbocycles. The lowest BCUT2D eigenvalue weighted by molar-refractivity contribution is -0.269. The molecule has 0 bridgehead atoms. The number of hydrogen-bond donors (Lipinski definition) is 3. The Morgan fingerprint density at radius 3 is 2.53 bits per heavy atom. The van der Waals surface area contributed by atoms with Gasteiger partial charge in [0.25, 0.3) is 9.05 Å². The van der Waals surface area contributed by atoms with Crippen LogP contribution in [-0.2, 0) is 23.8 Å². The summed E-state index contributed by atoms with van der Waals surface area (Å²) in [5.41, 5.74) is 7.35. The summed E-state index contributed by atoms with van der Waals surface area (Å²) >= 11 is 2.41. The Bertz CT molecular complexity index is 1740. The standard InChI is InChI=1S/C22H22ClN5O6S4/c1-37(30,31)27-17-4-2-3-14-20(17)18(12-19(21(14)29)36-28-7-9-34-10-8-28)24-25-22-15-11-13(38(23,32)33)5-6-16(15)26-35-22/h2-6,11-12,24-25,27,29H,7-10H2,1H3/p-1. The molecule has 16 heteroatoms. The molecule has 1 aromatic heterocycles. The van der Waals surface area contributed by atoms with Crippen LogP contribution in [0.5, 0.6) is 5.75 Å². The van der Waals surface area contributed by atoms with Gasteiger partial charge in [-0.1, -0.05) is 17.9 Å². The molecule has 4 aromatic rings. The number of nitrogens with one attached hydrogen (secondary N) is 3. The van der Waals surface area contributed by atoms with Crippen LogP contribution in [0.25, 0.3) is 21.7 Å². The van der Waals surface area contributed by atoms with Crippen molar-refractivity contribution in [1.29, 1.82) is 0 Å². The first-order chi connectivity index (χ1) is 18.0. The predicted octanol–water partition coefficient (Wildman–Crippen LogP) is 3.60. The van der Waals surface area contributed by atoms with Crippen LogP contribution in [0.2, 0.25) is 0 Å². The van der Waals surface area contributed by atoms with E-state index in [9.17, 15) is 21.9 Å². The summed E-state index contributed by atoms with van der Waals surface area (Å²) in [6.07, 6.45) is 1.03. The van der Waals surface area contributed by atoms with Crippen LogP contribution in [0.15, 0.2) is 52.3 Å². The second kappa shape index (κ2) is 10.6. The first-order valence-corrected chi connectivity index (χ1v) is 16.9. The number of benzene rings is 3. The molecular formula is C22H21ClN5O6S4-. The van der Waals surface area contributed by atoms with Crippen molar-refractivity contribution in [2.24, 2.45) is 0 Å². The van der Waals surface area contributed by atoms with E-state index in [-0.39, 0.29) is 16.3 Å². The molecule has 0 amide bonds. The zero-order valence-electron chi connectivity index (χ0n) is 19.7. The fourth-order valence-corrected chi connectivity index (χ4v) is 6.98. The number of morpholine rings is 1. The van der Waals surface area contributed by atoms with Gasteiger partial charge in [-0.25, -0.2) is 21.1 Å². The van der Waals surface area contributed by atoms with E-state index < -0.39 is 19.1 Å². The monoisotopic (exact) mass is 614 g/mol. The van der Waals surface area contributed by atoms with Crippen molar-refractivity contribution in [3.05, 3.63) is 42.5 Å². The van der Waals surface area contributed by atoms with Gasteiger partial charge >= 0.3 is 0 Å². The zero-order chi connectivity index (χ0) is 27.1. The molecule has 1 fully saturated rings. The quantitative estimate of drug-likeness (QED) is 0.152. The number of aromatic nitrogens is 1. The highest BCUT2D eigenvalue weighted by Crippen LogP contribution is 2.43. The minimum absolute atomic E-state index is 0.0695. The van der Waals surface area contributed by atoms with Crippen molar-refractivity contribution in [2.45, 2.75) is 9.79 Å². The number of ether oxygens (including phenoxy) is 1. The van der Waals surface area contributed by atoms with Crippen LogP contribution in [0.4, 0.5) is 16.4 Å². The molecule has 0 unspecified atom stereocenters. The highest BCUT2D eigenvalue weighted by molar-refractivity contribution is 8.13. The number of halogens is 1. The third kappa shape index (κ3) is 5.88. The van der Waals surface area contributed by atoms with Crippen molar-refractivity contribution in [3.8, 4) is 5.75 Å². The number of fused-ring (bicyclic) bond motifs is 2. The van der Waals surface area contributed by atoms with Crippen LogP contribution in [-0.4, -0.2) is 58.1 Å². The summed E-state index contributed by atoms with van der Waals surface area (Å²) in [6.45, 7) is 2.42. The summed E-state index contributed by atoms with van der Waals surface area (Å²) in [6, 6.07) is 10.8. The number of sulfonamides is 1. The first-order valence-electron chi connectivity index (χ1n) is 11.1. The molecule has 1 aliphatic heterocycles. The summed E-state index contributed by atoms with van der Waals surface area (Å²) in [7, 11) is -2.07. The SMILES string of the molecule is CS(=O)(=O)Nc1cccc2c([O-])c(SN3CCOCC3)cc(NNc3snc4ccc(S(=O)(=O)Cl)cc34)c12. The third-order valence-corrected chi connectivity index (χ3v) is 9.47. The van der Waals surface area contributed by atoms with Crippen LogP contribution >= 0.6 is 34.2 Å². The summed E-state index contributed by atoms with van der Waals surface area (Å²) in [5.74, 6) is -0.237. The average molecular weight is 615 g/mol. The van der Waals surface area contributed by atoms with Gasteiger partial charge < -0.3 is 9.84 Å². The zero-order valence-corrected chi connectivity index (χ0v) is 23.7. The lowest BCUT2D eigenvalue weighted by Crippen LogP contribution is -2.31. The van der Waals surface area contributed by atoms with Crippen LogP contribution < -0.4 is 20.7 Å². The number of anilines is 3. The van der Waals surface area contributed by atoms with E-state index in [2.05, 4.69) is 19.9 Å². The van der Waals surface area contributed by atoms with E-state index in [0.717, 1.165) is 17.8 Å². The number of hydrogen-bond acceptors (Lipinski definition) is 12. The maximum absolute atomic E-state index is 13.4. The van der Waals surface area contributed by atoms with Crippen molar-refractivity contribution < 1.29 is 26.7 Å². The molecule has 3 N–H and O–H groups in total. The second-order valence-electron chi connectivity index (χ2n) is 8.36. The Balaban J connectivity index is 1.58. The van der Waals surface area contributed by atoms with E-state index in [1.54, 1.807) is 30.3 Å². The van der Waals surface area contributed by atoms with Crippen molar-refractivity contribution >= 4 is 91.3 Å². The van der Waals surface area contributed by atoms with Gasteiger partial charge in [-0.3, -0.25) is 15.6 Å². The van der Waals surface area contributed by atoms with E-state index in [1.807, 2.05) is 4.31 Å². The van der Waals surface area contributed by atoms with Gasteiger partial charge in [-0.15, -0.1) is 0 Å².